The first-order chi connectivity index (χ1) is 12.0. The van der Waals surface area contributed by atoms with Crippen LogP contribution in [0.2, 0.25) is 0 Å². The van der Waals surface area contributed by atoms with Crippen molar-refractivity contribution in [3.05, 3.63) is 23.3 Å². The largest absolute Gasteiger partial charge is 0.478 e. The Kier molecular flexibility index (Phi) is 5.26. The standard InChI is InChI=1S/C15H18F3N5OS/c1-2-24-12-4-5-19-13(21-12)22-6-3-7-23(9-8-22)14-20-11(10-25-14)15(16,17)18/h4-5,10H,2-3,6-9H2,1H3. The molecule has 136 valence electrons. The third kappa shape index (κ3) is 4.30. The summed E-state index contributed by atoms with van der Waals surface area (Å²) in [7, 11) is 0. The minimum atomic E-state index is -4.40. The molecule has 2 aromatic heterocycles. The van der Waals surface area contributed by atoms with Gasteiger partial charge in [0.25, 0.3) is 0 Å². The fourth-order valence-electron chi connectivity index (χ4n) is 2.56. The molecule has 10 heteroatoms. The highest BCUT2D eigenvalue weighted by atomic mass is 32.1. The number of halogens is 3. The molecule has 2 aromatic rings. The molecule has 0 bridgehead atoms. The van der Waals surface area contributed by atoms with Gasteiger partial charge in [0.2, 0.25) is 11.8 Å². The number of nitrogens with zero attached hydrogens (tertiary/aromatic N) is 5. The number of rotatable bonds is 4. The molecule has 3 heterocycles. The van der Waals surface area contributed by atoms with Crippen LogP contribution in [0, 0.1) is 0 Å². The van der Waals surface area contributed by atoms with Gasteiger partial charge in [-0.1, -0.05) is 0 Å². The number of ether oxygens (including phenoxy) is 1. The van der Waals surface area contributed by atoms with E-state index < -0.39 is 11.9 Å². The number of aromatic nitrogens is 3. The zero-order valence-electron chi connectivity index (χ0n) is 13.7. The molecule has 0 N–H and O–H groups in total. The van der Waals surface area contributed by atoms with Crippen molar-refractivity contribution >= 4 is 22.4 Å². The van der Waals surface area contributed by atoms with Crippen LogP contribution in [0.5, 0.6) is 5.88 Å². The SMILES string of the molecule is CCOc1ccnc(N2CCCN(c3nc(C(F)(F)F)cs3)CC2)n1. The smallest absolute Gasteiger partial charge is 0.434 e. The maximum atomic E-state index is 12.7. The van der Waals surface area contributed by atoms with Gasteiger partial charge in [-0.05, 0) is 13.3 Å². The van der Waals surface area contributed by atoms with Crippen LogP contribution in [-0.4, -0.2) is 47.7 Å². The monoisotopic (exact) mass is 373 g/mol. The van der Waals surface area contributed by atoms with Crippen molar-refractivity contribution in [2.24, 2.45) is 0 Å². The van der Waals surface area contributed by atoms with Gasteiger partial charge < -0.3 is 14.5 Å². The first kappa shape index (κ1) is 17.7. The lowest BCUT2D eigenvalue weighted by Gasteiger charge is -2.21. The molecule has 0 atom stereocenters. The molecule has 3 rings (SSSR count). The van der Waals surface area contributed by atoms with E-state index in [0.29, 0.717) is 43.2 Å². The molecule has 6 nitrogen and oxygen atoms in total. The second kappa shape index (κ2) is 7.42. The molecule has 0 aliphatic carbocycles. The lowest BCUT2D eigenvalue weighted by Crippen LogP contribution is -2.31. The predicted octanol–water partition coefficient (Wildman–Crippen LogP) is 3.07. The normalized spacial score (nSPS) is 16.0. The van der Waals surface area contributed by atoms with E-state index in [2.05, 4.69) is 15.0 Å². The van der Waals surface area contributed by atoms with Crippen molar-refractivity contribution in [2.45, 2.75) is 19.5 Å². The Morgan fingerprint density at radius 2 is 1.92 bits per heavy atom. The van der Waals surface area contributed by atoms with Gasteiger partial charge in [-0.3, -0.25) is 0 Å². The molecule has 1 fully saturated rings. The molecule has 0 spiro atoms. The van der Waals surface area contributed by atoms with Gasteiger partial charge in [0.05, 0.1) is 6.61 Å². The second-order valence-electron chi connectivity index (χ2n) is 5.47. The summed E-state index contributed by atoms with van der Waals surface area (Å²) in [5, 5.41) is 1.46. The summed E-state index contributed by atoms with van der Waals surface area (Å²) in [6.07, 6.45) is -1.98. The molecule has 0 unspecified atom stereocenters. The number of hydrogen-bond acceptors (Lipinski definition) is 7. The van der Waals surface area contributed by atoms with Crippen molar-refractivity contribution < 1.29 is 17.9 Å². The van der Waals surface area contributed by atoms with Crippen molar-refractivity contribution in [1.82, 2.24) is 15.0 Å². The number of alkyl halides is 3. The predicted molar refractivity (Wildman–Crippen MR) is 89.4 cm³/mol. The zero-order valence-corrected chi connectivity index (χ0v) is 14.5. The Bertz CT molecular complexity index is 708. The van der Waals surface area contributed by atoms with Crippen LogP contribution in [-0.2, 0) is 6.18 Å². The summed E-state index contributed by atoms with van der Waals surface area (Å²) < 4.78 is 43.6. The van der Waals surface area contributed by atoms with Crippen molar-refractivity contribution in [2.75, 3.05) is 42.6 Å². The van der Waals surface area contributed by atoms with E-state index in [-0.39, 0.29) is 0 Å². The van der Waals surface area contributed by atoms with E-state index in [1.807, 2.05) is 16.7 Å². The number of hydrogen-bond donors (Lipinski definition) is 0. The van der Waals surface area contributed by atoms with Crippen LogP contribution in [0.15, 0.2) is 17.6 Å². The third-order valence-corrected chi connectivity index (χ3v) is 4.64. The summed E-state index contributed by atoms with van der Waals surface area (Å²) in [4.78, 5) is 16.3. The van der Waals surface area contributed by atoms with Crippen LogP contribution >= 0.6 is 11.3 Å². The van der Waals surface area contributed by atoms with Crippen LogP contribution < -0.4 is 14.5 Å². The summed E-state index contributed by atoms with van der Waals surface area (Å²) in [5.74, 6) is 1.09. The van der Waals surface area contributed by atoms with Crippen molar-refractivity contribution in [3.63, 3.8) is 0 Å². The minimum absolute atomic E-state index is 0.401. The molecule has 0 saturated carbocycles. The highest BCUT2D eigenvalue weighted by molar-refractivity contribution is 7.13. The second-order valence-corrected chi connectivity index (χ2v) is 6.31. The lowest BCUT2D eigenvalue weighted by atomic mass is 10.4. The van der Waals surface area contributed by atoms with E-state index in [1.54, 1.807) is 12.3 Å². The third-order valence-electron chi connectivity index (χ3n) is 3.74. The average molecular weight is 373 g/mol. The van der Waals surface area contributed by atoms with Crippen molar-refractivity contribution in [3.8, 4) is 5.88 Å². The van der Waals surface area contributed by atoms with Gasteiger partial charge in [0.15, 0.2) is 10.8 Å². The maximum Gasteiger partial charge on any atom is 0.434 e. The van der Waals surface area contributed by atoms with Crippen LogP contribution in [0.25, 0.3) is 0 Å². The fourth-order valence-corrected chi connectivity index (χ4v) is 3.45. The van der Waals surface area contributed by atoms with Gasteiger partial charge in [-0.2, -0.15) is 18.2 Å². The first-order valence-corrected chi connectivity index (χ1v) is 8.84. The highest BCUT2D eigenvalue weighted by Gasteiger charge is 2.34. The molecular weight excluding hydrogens is 355 g/mol. The highest BCUT2D eigenvalue weighted by Crippen LogP contribution is 2.33. The lowest BCUT2D eigenvalue weighted by molar-refractivity contribution is -0.140. The Balaban J connectivity index is 1.68. The van der Waals surface area contributed by atoms with Crippen molar-refractivity contribution in [1.29, 1.82) is 0 Å². The van der Waals surface area contributed by atoms with Crippen LogP contribution in [0.3, 0.4) is 0 Å². The number of thiazole rings is 1. The van der Waals surface area contributed by atoms with Gasteiger partial charge in [-0.15, -0.1) is 11.3 Å². The van der Waals surface area contributed by atoms with E-state index >= 15 is 0 Å². The molecule has 1 aliphatic rings. The van der Waals surface area contributed by atoms with Gasteiger partial charge >= 0.3 is 6.18 Å². The molecule has 0 aromatic carbocycles. The Labute approximate surface area is 147 Å². The summed E-state index contributed by atoms with van der Waals surface area (Å²) in [5.41, 5.74) is -0.832. The summed E-state index contributed by atoms with van der Waals surface area (Å²) in [6, 6.07) is 1.70. The number of anilines is 2. The Morgan fingerprint density at radius 1 is 1.16 bits per heavy atom. The van der Waals surface area contributed by atoms with E-state index in [9.17, 15) is 13.2 Å². The molecular formula is C15H18F3N5OS. The van der Waals surface area contributed by atoms with E-state index in [4.69, 9.17) is 4.74 Å². The van der Waals surface area contributed by atoms with Crippen LogP contribution in [0.4, 0.5) is 24.3 Å². The fraction of sp³-hybridized carbons (Fsp3) is 0.533. The molecule has 0 amide bonds. The van der Waals surface area contributed by atoms with Crippen LogP contribution in [0.1, 0.15) is 19.0 Å². The molecule has 0 radical (unpaired) electrons. The zero-order chi connectivity index (χ0) is 17.9. The first-order valence-electron chi connectivity index (χ1n) is 7.96. The Morgan fingerprint density at radius 3 is 2.64 bits per heavy atom. The van der Waals surface area contributed by atoms with E-state index in [1.165, 1.54) is 0 Å². The molecule has 1 saturated heterocycles. The quantitative estimate of drug-likeness (QED) is 0.821. The van der Waals surface area contributed by atoms with E-state index in [0.717, 1.165) is 29.7 Å². The topological polar surface area (TPSA) is 54.4 Å². The summed E-state index contributed by atoms with van der Waals surface area (Å²) >= 11 is 1.02. The Hall–Kier alpha value is -2.10. The molecule has 1 aliphatic heterocycles. The maximum absolute atomic E-state index is 12.7. The molecule has 25 heavy (non-hydrogen) atoms. The van der Waals surface area contributed by atoms with Gasteiger partial charge in [-0.25, -0.2) is 9.97 Å². The van der Waals surface area contributed by atoms with Gasteiger partial charge in [0.1, 0.15) is 0 Å². The van der Waals surface area contributed by atoms with Gasteiger partial charge in [0, 0.05) is 43.8 Å². The average Bonchev–Trinajstić information content (AvgIpc) is 2.95. The minimum Gasteiger partial charge on any atom is -0.478 e. The summed E-state index contributed by atoms with van der Waals surface area (Å²) in [6.45, 7) is 4.95.